The monoisotopic (exact) mass is 345 g/mol. The molecule has 2 nitrogen and oxygen atoms in total. The van der Waals surface area contributed by atoms with E-state index in [9.17, 15) is 13.6 Å². The van der Waals surface area contributed by atoms with Gasteiger partial charge in [0.1, 0.15) is 5.82 Å². The van der Waals surface area contributed by atoms with Crippen molar-refractivity contribution in [3.8, 4) is 0 Å². The smallest absolute Gasteiger partial charge is 0.258 e. The van der Waals surface area contributed by atoms with Crippen molar-refractivity contribution in [2.24, 2.45) is 0 Å². The summed E-state index contributed by atoms with van der Waals surface area (Å²) in [6.07, 6.45) is 0. The highest BCUT2D eigenvalue weighted by Gasteiger charge is 2.15. The molecular weight excluding hydrogens is 340 g/mol. The summed E-state index contributed by atoms with van der Waals surface area (Å²) in [6.45, 7) is 0. The predicted octanol–water partition coefficient (Wildman–Crippen LogP) is 4.63. The first-order valence-corrected chi connectivity index (χ1v) is 6.36. The molecule has 1 N–H and O–H groups in total. The zero-order valence-electron chi connectivity index (χ0n) is 9.38. The highest BCUT2D eigenvalue weighted by Crippen LogP contribution is 2.25. The van der Waals surface area contributed by atoms with Crippen LogP contribution in [0.15, 0.2) is 40.9 Å². The summed E-state index contributed by atoms with van der Waals surface area (Å²) in [5, 5.41) is 2.26. The Morgan fingerprint density at radius 1 is 1.21 bits per heavy atom. The largest absolute Gasteiger partial charge is 0.321 e. The number of carbonyl (C=O) groups is 1. The van der Waals surface area contributed by atoms with Gasteiger partial charge in [-0.15, -0.1) is 0 Å². The van der Waals surface area contributed by atoms with Crippen molar-refractivity contribution in [1.29, 1.82) is 0 Å². The fourth-order valence-electron chi connectivity index (χ4n) is 1.46. The van der Waals surface area contributed by atoms with Crippen LogP contribution in [0.5, 0.6) is 0 Å². The minimum atomic E-state index is -0.811. The molecule has 0 aliphatic rings. The standard InChI is InChI=1S/C13H7BrClF2NO/c14-9-5-4-7(16)6-11(9)18-13(19)8-2-1-3-10(15)12(8)17/h1-6H,(H,18,19). The molecule has 0 saturated carbocycles. The summed E-state index contributed by atoms with van der Waals surface area (Å²) in [7, 11) is 0. The Hall–Kier alpha value is -1.46. The topological polar surface area (TPSA) is 29.1 Å². The van der Waals surface area contributed by atoms with Crippen molar-refractivity contribution in [1.82, 2.24) is 0 Å². The van der Waals surface area contributed by atoms with Crippen LogP contribution < -0.4 is 5.32 Å². The van der Waals surface area contributed by atoms with Crippen LogP contribution in [0.25, 0.3) is 0 Å². The van der Waals surface area contributed by atoms with E-state index in [2.05, 4.69) is 21.2 Å². The molecule has 2 aromatic rings. The minimum Gasteiger partial charge on any atom is -0.321 e. The molecule has 2 aromatic carbocycles. The van der Waals surface area contributed by atoms with Crippen molar-refractivity contribution in [3.63, 3.8) is 0 Å². The maximum atomic E-state index is 13.7. The maximum absolute atomic E-state index is 13.7. The van der Waals surface area contributed by atoms with Crippen molar-refractivity contribution < 1.29 is 13.6 Å². The molecule has 19 heavy (non-hydrogen) atoms. The number of nitrogens with one attached hydrogen (secondary N) is 1. The number of benzene rings is 2. The van der Waals surface area contributed by atoms with Gasteiger partial charge < -0.3 is 5.32 Å². The molecule has 0 unspecified atom stereocenters. The molecular formula is C13H7BrClF2NO. The van der Waals surface area contributed by atoms with E-state index < -0.39 is 17.5 Å². The fourth-order valence-corrected chi connectivity index (χ4v) is 1.98. The van der Waals surface area contributed by atoms with Crippen LogP contribution in [-0.2, 0) is 0 Å². The molecule has 2 rings (SSSR count). The van der Waals surface area contributed by atoms with Gasteiger partial charge in [0, 0.05) is 4.47 Å². The fraction of sp³-hybridized carbons (Fsp3) is 0. The highest BCUT2D eigenvalue weighted by atomic mass is 79.9. The zero-order valence-corrected chi connectivity index (χ0v) is 11.7. The predicted molar refractivity (Wildman–Crippen MR) is 73.5 cm³/mol. The van der Waals surface area contributed by atoms with Crippen molar-refractivity contribution in [2.75, 3.05) is 5.32 Å². The quantitative estimate of drug-likeness (QED) is 0.844. The highest BCUT2D eigenvalue weighted by molar-refractivity contribution is 9.10. The van der Waals surface area contributed by atoms with Crippen LogP contribution in [0.2, 0.25) is 5.02 Å². The first-order valence-electron chi connectivity index (χ1n) is 5.19. The molecule has 0 aliphatic heterocycles. The molecule has 0 saturated heterocycles. The third-order valence-electron chi connectivity index (χ3n) is 2.37. The molecule has 1 amide bonds. The Kier molecular flexibility index (Phi) is 4.17. The molecule has 0 spiro atoms. The Balaban J connectivity index is 2.31. The average Bonchev–Trinajstić information content (AvgIpc) is 2.37. The Morgan fingerprint density at radius 2 is 1.95 bits per heavy atom. The van der Waals surface area contributed by atoms with Crippen LogP contribution in [0.1, 0.15) is 10.4 Å². The molecule has 98 valence electrons. The van der Waals surface area contributed by atoms with E-state index in [-0.39, 0.29) is 16.3 Å². The van der Waals surface area contributed by atoms with Gasteiger partial charge in [0.25, 0.3) is 5.91 Å². The lowest BCUT2D eigenvalue weighted by Crippen LogP contribution is -2.14. The summed E-state index contributed by atoms with van der Waals surface area (Å²) in [5.74, 6) is -2.02. The second kappa shape index (κ2) is 5.67. The Morgan fingerprint density at radius 3 is 2.68 bits per heavy atom. The first kappa shape index (κ1) is 14.0. The summed E-state index contributed by atoms with van der Waals surface area (Å²) >= 11 is 8.76. The molecule has 0 aromatic heterocycles. The van der Waals surface area contributed by atoms with Crippen LogP contribution in [-0.4, -0.2) is 5.91 Å². The van der Waals surface area contributed by atoms with Crippen LogP contribution in [0, 0.1) is 11.6 Å². The summed E-state index contributed by atoms with van der Waals surface area (Å²) in [4.78, 5) is 11.9. The first-order chi connectivity index (χ1) is 8.99. The SMILES string of the molecule is O=C(Nc1cc(F)ccc1Br)c1cccc(Cl)c1F. The van der Waals surface area contributed by atoms with Crippen molar-refractivity contribution >= 4 is 39.1 Å². The summed E-state index contributed by atoms with van der Waals surface area (Å²) in [5.41, 5.74) is 0.00744. The van der Waals surface area contributed by atoms with Gasteiger partial charge in [-0.25, -0.2) is 8.78 Å². The molecule has 0 bridgehead atoms. The minimum absolute atomic E-state index is 0.147. The second-order valence-electron chi connectivity index (χ2n) is 3.68. The van der Waals surface area contributed by atoms with E-state index in [0.29, 0.717) is 4.47 Å². The third kappa shape index (κ3) is 3.11. The molecule has 0 fully saturated rings. The van der Waals surface area contributed by atoms with Crippen LogP contribution in [0.3, 0.4) is 0 Å². The van der Waals surface area contributed by atoms with Gasteiger partial charge in [0.15, 0.2) is 5.82 Å². The lowest BCUT2D eigenvalue weighted by Gasteiger charge is -2.08. The van der Waals surface area contributed by atoms with Gasteiger partial charge in [0.05, 0.1) is 16.3 Å². The van der Waals surface area contributed by atoms with Crippen LogP contribution >= 0.6 is 27.5 Å². The van der Waals surface area contributed by atoms with E-state index in [1.54, 1.807) is 0 Å². The van der Waals surface area contributed by atoms with E-state index in [1.165, 1.54) is 30.3 Å². The molecule has 0 atom stereocenters. The summed E-state index contributed by atoms with van der Waals surface area (Å²) < 4.78 is 27.2. The van der Waals surface area contributed by atoms with Gasteiger partial charge in [-0.3, -0.25) is 4.79 Å². The number of halogens is 4. The van der Waals surface area contributed by atoms with Gasteiger partial charge >= 0.3 is 0 Å². The Labute approximate surface area is 121 Å². The lowest BCUT2D eigenvalue weighted by molar-refractivity contribution is 0.102. The van der Waals surface area contributed by atoms with E-state index in [1.807, 2.05) is 0 Å². The van der Waals surface area contributed by atoms with Gasteiger partial charge in [-0.1, -0.05) is 17.7 Å². The van der Waals surface area contributed by atoms with Gasteiger partial charge in [0.2, 0.25) is 0 Å². The number of carbonyl (C=O) groups excluding carboxylic acids is 1. The molecule has 6 heteroatoms. The number of amides is 1. The van der Waals surface area contributed by atoms with Gasteiger partial charge in [-0.2, -0.15) is 0 Å². The third-order valence-corrected chi connectivity index (χ3v) is 3.36. The molecule has 0 radical (unpaired) electrons. The number of anilines is 1. The average molecular weight is 347 g/mol. The Bertz CT molecular complexity index is 649. The zero-order chi connectivity index (χ0) is 14.0. The number of hydrogen-bond acceptors (Lipinski definition) is 1. The van der Waals surface area contributed by atoms with Crippen molar-refractivity contribution in [3.05, 3.63) is 63.1 Å². The lowest BCUT2D eigenvalue weighted by atomic mass is 10.2. The number of rotatable bonds is 2. The van der Waals surface area contributed by atoms with E-state index >= 15 is 0 Å². The second-order valence-corrected chi connectivity index (χ2v) is 4.94. The van der Waals surface area contributed by atoms with Crippen molar-refractivity contribution in [2.45, 2.75) is 0 Å². The normalized spacial score (nSPS) is 10.3. The van der Waals surface area contributed by atoms with E-state index in [0.717, 1.165) is 6.07 Å². The van der Waals surface area contributed by atoms with Crippen LogP contribution in [0.4, 0.5) is 14.5 Å². The van der Waals surface area contributed by atoms with Gasteiger partial charge in [-0.05, 0) is 46.3 Å². The molecule has 0 aliphatic carbocycles. The number of hydrogen-bond donors (Lipinski definition) is 1. The molecule has 0 heterocycles. The summed E-state index contributed by atoms with van der Waals surface area (Å²) in [6, 6.07) is 7.90. The maximum Gasteiger partial charge on any atom is 0.258 e. The van der Waals surface area contributed by atoms with E-state index in [4.69, 9.17) is 11.6 Å².